The summed E-state index contributed by atoms with van der Waals surface area (Å²) in [7, 11) is 0. The Morgan fingerprint density at radius 3 is 2.41 bits per heavy atom. The van der Waals surface area contributed by atoms with Crippen LogP contribution in [-0.4, -0.2) is 39.5 Å². The van der Waals surface area contributed by atoms with E-state index in [4.69, 9.17) is 11.6 Å². The van der Waals surface area contributed by atoms with Crippen LogP contribution < -0.4 is 5.32 Å². The van der Waals surface area contributed by atoms with Gasteiger partial charge in [-0.15, -0.1) is 11.8 Å². The third-order valence-electron chi connectivity index (χ3n) is 5.11. The monoisotopic (exact) mass is 477 g/mol. The van der Waals surface area contributed by atoms with Crippen LogP contribution in [0.25, 0.3) is 0 Å². The van der Waals surface area contributed by atoms with Gasteiger partial charge >= 0.3 is 0 Å². The van der Waals surface area contributed by atoms with E-state index >= 15 is 0 Å². The minimum atomic E-state index is -0.659. The van der Waals surface area contributed by atoms with E-state index < -0.39 is 11.0 Å². The van der Waals surface area contributed by atoms with E-state index in [9.17, 15) is 19.7 Å². The summed E-state index contributed by atoms with van der Waals surface area (Å²) in [5.41, 5.74) is 1.68. The van der Waals surface area contributed by atoms with Gasteiger partial charge in [0.1, 0.15) is 6.04 Å². The van der Waals surface area contributed by atoms with Crippen molar-refractivity contribution in [2.75, 3.05) is 5.75 Å². The fourth-order valence-corrected chi connectivity index (χ4v) is 3.98. The lowest BCUT2D eigenvalue weighted by atomic mass is 10.1. The molecule has 0 fully saturated rings. The van der Waals surface area contributed by atoms with Gasteiger partial charge in [-0.3, -0.25) is 19.7 Å². The molecule has 1 N–H and O–H groups in total. The van der Waals surface area contributed by atoms with Crippen molar-refractivity contribution >= 4 is 40.9 Å². The van der Waals surface area contributed by atoms with E-state index in [1.165, 1.54) is 23.9 Å². The highest BCUT2D eigenvalue weighted by Crippen LogP contribution is 2.21. The largest absolute Gasteiger partial charge is 0.352 e. The topological polar surface area (TPSA) is 92.6 Å². The second-order valence-corrected chi connectivity index (χ2v) is 8.92. The van der Waals surface area contributed by atoms with Crippen LogP contribution in [0.4, 0.5) is 5.69 Å². The van der Waals surface area contributed by atoms with Gasteiger partial charge in [-0.25, -0.2) is 0 Å². The molecule has 7 nitrogen and oxygen atoms in total. The minimum Gasteiger partial charge on any atom is -0.352 e. The predicted octanol–water partition coefficient (Wildman–Crippen LogP) is 4.81. The van der Waals surface area contributed by atoms with Crippen molar-refractivity contribution in [3.8, 4) is 0 Å². The quantitative estimate of drug-likeness (QED) is 0.370. The summed E-state index contributed by atoms with van der Waals surface area (Å²) in [6, 6.07) is 12.9. The van der Waals surface area contributed by atoms with E-state index in [2.05, 4.69) is 5.32 Å². The predicted molar refractivity (Wildman–Crippen MR) is 129 cm³/mol. The molecule has 2 amide bonds. The highest BCUT2D eigenvalue weighted by molar-refractivity contribution is 7.99. The number of carbonyl (C=O) groups excluding carboxylic acids is 2. The normalized spacial score (nSPS) is 12.6. The van der Waals surface area contributed by atoms with E-state index in [0.29, 0.717) is 10.8 Å². The Bertz CT molecular complexity index is 939. The smallest absolute Gasteiger partial charge is 0.269 e. The molecular formula is C23H28ClN3O4S. The zero-order valence-corrected chi connectivity index (χ0v) is 20.0. The summed E-state index contributed by atoms with van der Waals surface area (Å²) in [5.74, 6) is 0.309. The van der Waals surface area contributed by atoms with Gasteiger partial charge in [0.15, 0.2) is 0 Å². The van der Waals surface area contributed by atoms with Crippen molar-refractivity contribution in [2.45, 2.75) is 51.6 Å². The minimum absolute atomic E-state index is 0.0127. The number of thioether (sulfide) groups is 1. The van der Waals surface area contributed by atoms with Crippen molar-refractivity contribution in [3.63, 3.8) is 0 Å². The van der Waals surface area contributed by atoms with Gasteiger partial charge in [-0.1, -0.05) is 48.9 Å². The average Bonchev–Trinajstić information content (AvgIpc) is 2.78. The maximum absolute atomic E-state index is 13.1. The zero-order chi connectivity index (χ0) is 23.7. The summed E-state index contributed by atoms with van der Waals surface area (Å²) >= 11 is 7.69. The number of nitrogens with zero attached hydrogens (tertiary/aromatic N) is 2. The highest BCUT2D eigenvalue weighted by atomic mass is 35.5. The molecule has 0 aliphatic rings. The van der Waals surface area contributed by atoms with Gasteiger partial charge < -0.3 is 10.2 Å². The van der Waals surface area contributed by atoms with Crippen LogP contribution in [0, 0.1) is 10.1 Å². The molecule has 0 aliphatic carbocycles. The highest BCUT2D eigenvalue weighted by Gasteiger charge is 2.27. The molecule has 2 atom stereocenters. The van der Waals surface area contributed by atoms with Gasteiger partial charge in [0.25, 0.3) is 5.69 Å². The lowest BCUT2D eigenvalue weighted by Gasteiger charge is -2.30. The summed E-state index contributed by atoms with van der Waals surface area (Å²) in [6.07, 6.45) is 0.794. The fourth-order valence-electron chi connectivity index (χ4n) is 2.91. The molecule has 0 aromatic heterocycles. The van der Waals surface area contributed by atoms with Crippen molar-refractivity contribution in [2.24, 2.45) is 0 Å². The van der Waals surface area contributed by atoms with Crippen LogP contribution in [0.2, 0.25) is 5.02 Å². The molecule has 2 aromatic rings. The Balaban J connectivity index is 2.07. The maximum Gasteiger partial charge on any atom is 0.269 e. The van der Waals surface area contributed by atoms with Crippen LogP contribution in [0.3, 0.4) is 0 Å². The summed E-state index contributed by atoms with van der Waals surface area (Å²) in [5, 5.41) is 14.3. The summed E-state index contributed by atoms with van der Waals surface area (Å²) in [4.78, 5) is 37.7. The number of nitro benzene ring substituents is 1. The number of carbonyl (C=O) groups is 2. The van der Waals surface area contributed by atoms with Crippen molar-refractivity contribution in [1.29, 1.82) is 0 Å². The van der Waals surface area contributed by atoms with Crippen LogP contribution in [0.1, 0.15) is 38.3 Å². The van der Waals surface area contributed by atoms with Crippen LogP contribution in [-0.2, 0) is 21.9 Å². The third kappa shape index (κ3) is 7.53. The molecule has 0 aliphatic heterocycles. The number of nitrogens with one attached hydrogen (secondary N) is 1. The first kappa shape index (κ1) is 25.7. The Morgan fingerprint density at radius 2 is 1.81 bits per heavy atom. The number of rotatable bonds is 11. The van der Waals surface area contributed by atoms with E-state index in [1.54, 1.807) is 30.0 Å². The molecule has 2 rings (SSSR count). The molecule has 32 heavy (non-hydrogen) atoms. The van der Waals surface area contributed by atoms with Gasteiger partial charge in [-0.2, -0.15) is 0 Å². The molecule has 172 valence electrons. The molecule has 0 saturated carbocycles. The molecule has 2 aromatic carbocycles. The summed E-state index contributed by atoms with van der Waals surface area (Å²) in [6.45, 7) is 5.85. The van der Waals surface area contributed by atoms with Crippen LogP contribution >= 0.6 is 23.4 Å². The number of hydrogen-bond acceptors (Lipinski definition) is 5. The molecule has 0 heterocycles. The number of halogens is 1. The Labute approximate surface area is 197 Å². The first-order valence-electron chi connectivity index (χ1n) is 10.4. The van der Waals surface area contributed by atoms with Crippen molar-refractivity contribution in [1.82, 2.24) is 10.2 Å². The number of nitro groups is 1. The molecule has 0 saturated heterocycles. The number of amides is 2. The standard InChI is InChI=1S/C23H28ClN3O4S/c1-4-16(2)25-23(29)17(3)26(13-19-7-5-6-8-21(19)24)22(28)15-32-14-18-9-11-20(12-10-18)27(30)31/h5-12,16-17H,4,13-15H2,1-3H3,(H,25,29)/t16-,17-/m1/s1. The summed E-state index contributed by atoms with van der Waals surface area (Å²) < 4.78 is 0. The maximum atomic E-state index is 13.1. The Kier molecular flexibility index (Phi) is 9.99. The Morgan fingerprint density at radius 1 is 1.16 bits per heavy atom. The van der Waals surface area contributed by atoms with Gasteiger partial charge in [-0.05, 0) is 37.5 Å². The number of non-ortho nitro benzene ring substituents is 1. The SMILES string of the molecule is CC[C@@H](C)NC(=O)[C@@H](C)N(Cc1ccccc1Cl)C(=O)CSCc1ccc([N+](=O)[O-])cc1. The first-order chi connectivity index (χ1) is 15.2. The molecular weight excluding hydrogens is 450 g/mol. The third-order valence-corrected chi connectivity index (χ3v) is 6.47. The number of benzene rings is 2. The zero-order valence-electron chi connectivity index (χ0n) is 18.4. The van der Waals surface area contributed by atoms with E-state index in [-0.39, 0.29) is 35.8 Å². The fraction of sp³-hybridized carbons (Fsp3) is 0.391. The van der Waals surface area contributed by atoms with Crippen molar-refractivity contribution in [3.05, 3.63) is 74.8 Å². The second kappa shape index (κ2) is 12.5. The molecule has 9 heteroatoms. The van der Waals surface area contributed by atoms with Crippen LogP contribution in [0.5, 0.6) is 0 Å². The van der Waals surface area contributed by atoms with E-state index in [1.807, 2.05) is 32.0 Å². The first-order valence-corrected chi connectivity index (χ1v) is 11.9. The molecule has 0 radical (unpaired) electrons. The van der Waals surface area contributed by atoms with Crippen LogP contribution in [0.15, 0.2) is 48.5 Å². The second-order valence-electron chi connectivity index (χ2n) is 7.52. The van der Waals surface area contributed by atoms with E-state index in [0.717, 1.165) is 17.5 Å². The molecule has 0 bridgehead atoms. The number of hydrogen-bond donors (Lipinski definition) is 1. The van der Waals surface area contributed by atoms with Gasteiger partial charge in [0, 0.05) is 35.5 Å². The Hall–Kier alpha value is -2.58. The van der Waals surface area contributed by atoms with Gasteiger partial charge in [0.05, 0.1) is 10.7 Å². The molecule has 0 spiro atoms. The average molecular weight is 478 g/mol. The van der Waals surface area contributed by atoms with Gasteiger partial charge in [0.2, 0.25) is 11.8 Å². The lowest BCUT2D eigenvalue weighted by Crippen LogP contribution is -2.50. The van der Waals surface area contributed by atoms with Crippen molar-refractivity contribution < 1.29 is 14.5 Å². The molecule has 0 unspecified atom stereocenters. The lowest BCUT2D eigenvalue weighted by molar-refractivity contribution is -0.384.